The summed E-state index contributed by atoms with van der Waals surface area (Å²) in [5.74, 6) is 1.04. The number of anilines is 1. The molecule has 0 spiro atoms. The highest BCUT2D eigenvalue weighted by atomic mass is 35.5. The Morgan fingerprint density at radius 3 is 2.81 bits per heavy atom. The minimum atomic E-state index is -0.301. The maximum absolute atomic E-state index is 13.2. The Bertz CT molecular complexity index is 1380. The van der Waals surface area contributed by atoms with E-state index in [2.05, 4.69) is 15.3 Å². The molecule has 0 saturated carbocycles. The van der Waals surface area contributed by atoms with Crippen molar-refractivity contribution in [3.63, 3.8) is 0 Å². The zero-order valence-electron chi connectivity index (χ0n) is 21.2. The predicted molar refractivity (Wildman–Crippen MR) is 149 cm³/mol. The van der Waals surface area contributed by atoms with Gasteiger partial charge in [0.2, 0.25) is 0 Å². The Hall–Kier alpha value is -3.23. The molecule has 3 heterocycles. The normalized spacial score (nSPS) is 15.2. The second-order valence-corrected chi connectivity index (χ2v) is 11.3. The van der Waals surface area contributed by atoms with Crippen LogP contribution in [0.4, 0.5) is 9.93 Å². The summed E-state index contributed by atoms with van der Waals surface area (Å²) in [6.45, 7) is 8.23. The number of halogens is 1. The molecule has 0 bridgehead atoms. The van der Waals surface area contributed by atoms with Crippen molar-refractivity contribution in [1.29, 1.82) is 0 Å². The number of nitrogens with one attached hydrogen (secondary N) is 2. The summed E-state index contributed by atoms with van der Waals surface area (Å²) in [7, 11) is 0. The summed E-state index contributed by atoms with van der Waals surface area (Å²) >= 11 is 7.93. The second-order valence-electron chi connectivity index (χ2n) is 9.64. The van der Waals surface area contributed by atoms with Crippen LogP contribution in [0.2, 0.25) is 5.02 Å². The molecule has 0 aliphatic carbocycles. The van der Waals surface area contributed by atoms with Crippen molar-refractivity contribution in [1.82, 2.24) is 14.9 Å². The highest BCUT2D eigenvalue weighted by Gasteiger charge is 2.35. The highest BCUT2D eigenvalue weighted by Crippen LogP contribution is 2.39. The molecule has 9 heteroatoms. The second kappa shape index (κ2) is 11.0. The SMILES string of the molecule is Cc1cnc(NCCOc2ccc([C@H]3c4[nH]c5ccc(Cl)cc5c4CCN3C(=O)OCC(C)C)cc2)s1. The summed E-state index contributed by atoms with van der Waals surface area (Å²) in [5, 5.41) is 5.97. The fraction of sp³-hybridized carbons (Fsp3) is 0.357. The zero-order valence-corrected chi connectivity index (χ0v) is 22.8. The maximum atomic E-state index is 13.2. The number of H-pyrrole nitrogens is 1. The summed E-state index contributed by atoms with van der Waals surface area (Å²) in [6, 6.07) is 13.5. The van der Waals surface area contributed by atoms with E-state index in [0.717, 1.165) is 39.5 Å². The molecule has 0 radical (unpaired) electrons. The molecule has 2 aromatic heterocycles. The first-order valence-electron chi connectivity index (χ1n) is 12.5. The van der Waals surface area contributed by atoms with Crippen molar-refractivity contribution in [3.05, 3.63) is 75.4 Å². The van der Waals surface area contributed by atoms with Crippen molar-refractivity contribution in [2.24, 2.45) is 5.92 Å². The summed E-state index contributed by atoms with van der Waals surface area (Å²) in [4.78, 5) is 24.0. The van der Waals surface area contributed by atoms with E-state index in [4.69, 9.17) is 21.1 Å². The topological polar surface area (TPSA) is 79.5 Å². The number of aromatic amines is 1. The quantitative estimate of drug-likeness (QED) is 0.241. The molecular weight excluding hydrogens is 508 g/mol. The molecule has 2 aromatic carbocycles. The fourth-order valence-corrected chi connectivity index (χ4v) is 5.50. The van der Waals surface area contributed by atoms with E-state index in [-0.39, 0.29) is 18.1 Å². The van der Waals surface area contributed by atoms with E-state index in [1.807, 2.05) is 74.3 Å². The molecule has 0 fully saturated rings. The standard InChI is InChI=1S/C28H31ClN4O3S/c1-17(2)16-36-28(34)33-12-10-22-23-14-20(29)6-9-24(23)32-25(22)26(33)19-4-7-21(8-5-19)35-13-11-30-27-31-15-18(3)37-27/h4-9,14-15,17,26,32H,10-13,16H2,1-3H3,(H,30,31)/t26-/m0/s1. The predicted octanol–water partition coefficient (Wildman–Crippen LogP) is 6.82. The average molecular weight is 539 g/mol. The number of carbonyl (C=O) groups is 1. The van der Waals surface area contributed by atoms with Crippen LogP contribution in [0, 0.1) is 12.8 Å². The Morgan fingerprint density at radius 2 is 2.08 bits per heavy atom. The van der Waals surface area contributed by atoms with Gasteiger partial charge in [0.05, 0.1) is 13.2 Å². The lowest BCUT2D eigenvalue weighted by atomic mass is 9.92. The minimum Gasteiger partial charge on any atom is -0.492 e. The Balaban J connectivity index is 1.36. The third-order valence-corrected chi connectivity index (χ3v) is 7.43. The van der Waals surface area contributed by atoms with Gasteiger partial charge in [0.1, 0.15) is 18.4 Å². The summed E-state index contributed by atoms with van der Waals surface area (Å²) in [6.07, 6.45) is 2.28. The molecule has 0 saturated heterocycles. The van der Waals surface area contributed by atoms with Gasteiger partial charge in [-0.1, -0.05) is 37.6 Å². The molecule has 1 aliphatic rings. The first kappa shape index (κ1) is 25.4. The van der Waals surface area contributed by atoms with E-state index in [0.29, 0.717) is 31.3 Å². The van der Waals surface area contributed by atoms with E-state index in [1.165, 1.54) is 10.4 Å². The van der Waals surface area contributed by atoms with Gasteiger partial charge in [-0.25, -0.2) is 9.78 Å². The number of hydrogen-bond acceptors (Lipinski definition) is 6. The van der Waals surface area contributed by atoms with Crippen LogP contribution in [0.15, 0.2) is 48.7 Å². The maximum Gasteiger partial charge on any atom is 0.410 e. The van der Waals surface area contributed by atoms with Gasteiger partial charge in [-0.3, -0.25) is 4.90 Å². The van der Waals surface area contributed by atoms with Gasteiger partial charge >= 0.3 is 6.09 Å². The van der Waals surface area contributed by atoms with Gasteiger partial charge in [-0.05, 0) is 60.7 Å². The number of fused-ring (bicyclic) bond motifs is 3. The van der Waals surface area contributed by atoms with Crippen molar-refractivity contribution < 1.29 is 14.3 Å². The van der Waals surface area contributed by atoms with Gasteiger partial charge in [0.25, 0.3) is 0 Å². The van der Waals surface area contributed by atoms with Crippen molar-refractivity contribution in [2.45, 2.75) is 33.2 Å². The number of aryl methyl sites for hydroxylation is 1. The number of ether oxygens (including phenoxy) is 2. The van der Waals surface area contributed by atoms with Gasteiger partial charge in [-0.15, -0.1) is 11.3 Å². The van der Waals surface area contributed by atoms with Crippen LogP contribution in [-0.4, -0.2) is 47.3 Å². The molecule has 1 aliphatic heterocycles. The molecule has 1 amide bonds. The smallest absolute Gasteiger partial charge is 0.410 e. The lowest BCUT2D eigenvalue weighted by Crippen LogP contribution is -2.41. The molecular formula is C28H31ClN4O3S. The van der Waals surface area contributed by atoms with Crippen LogP contribution in [-0.2, 0) is 11.2 Å². The molecule has 4 aromatic rings. The van der Waals surface area contributed by atoms with E-state index >= 15 is 0 Å². The molecule has 37 heavy (non-hydrogen) atoms. The van der Waals surface area contributed by atoms with Gasteiger partial charge in [0.15, 0.2) is 5.13 Å². The summed E-state index contributed by atoms with van der Waals surface area (Å²) in [5.41, 5.74) is 4.20. The Morgan fingerprint density at radius 1 is 1.27 bits per heavy atom. The van der Waals surface area contributed by atoms with Gasteiger partial charge in [0, 0.05) is 39.2 Å². The third-order valence-electron chi connectivity index (χ3n) is 6.33. The van der Waals surface area contributed by atoms with Crippen molar-refractivity contribution in [2.75, 3.05) is 31.6 Å². The van der Waals surface area contributed by atoms with Crippen molar-refractivity contribution in [3.8, 4) is 5.75 Å². The molecule has 5 rings (SSSR count). The van der Waals surface area contributed by atoms with E-state index in [1.54, 1.807) is 11.3 Å². The number of hydrogen-bond donors (Lipinski definition) is 2. The van der Waals surface area contributed by atoms with Crippen LogP contribution in [0.3, 0.4) is 0 Å². The first-order chi connectivity index (χ1) is 17.9. The molecule has 194 valence electrons. The van der Waals surface area contributed by atoms with Crippen LogP contribution >= 0.6 is 22.9 Å². The molecule has 0 unspecified atom stereocenters. The first-order valence-corrected chi connectivity index (χ1v) is 13.7. The number of thiazole rings is 1. The molecule has 2 N–H and O–H groups in total. The highest BCUT2D eigenvalue weighted by molar-refractivity contribution is 7.15. The molecule has 1 atom stereocenters. The number of nitrogens with zero attached hydrogens (tertiary/aromatic N) is 2. The van der Waals surface area contributed by atoms with Crippen LogP contribution < -0.4 is 10.1 Å². The van der Waals surface area contributed by atoms with Gasteiger partial charge < -0.3 is 19.8 Å². The average Bonchev–Trinajstić information content (AvgIpc) is 3.47. The number of rotatable bonds is 8. The Kier molecular flexibility index (Phi) is 7.58. The van der Waals surface area contributed by atoms with Crippen LogP contribution in [0.5, 0.6) is 5.75 Å². The third kappa shape index (κ3) is 5.70. The van der Waals surface area contributed by atoms with Crippen molar-refractivity contribution >= 4 is 45.1 Å². The number of amides is 1. The van der Waals surface area contributed by atoms with E-state index < -0.39 is 0 Å². The lowest BCUT2D eigenvalue weighted by Gasteiger charge is -2.35. The number of carbonyl (C=O) groups excluding carboxylic acids is 1. The number of benzene rings is 2. The van der Waals surface area contributed by atoms with Crippen LogP contribution in [0.25, 0.3) is 10.9 Å². The fourth-order valence-electron chi connectivity index (χ4n) is 4.63. The lowest BCUT2D eigenvalue weighted by molar-refractivity contribution is 0.0797. The summed E-state index contributed by atoms with van der Waals surface area (Å²) < 4.78 is 11.6. The number of aromatic nitrogens is 2. The monoisotopic (exact) mass is 538 g/mol. The molecule has 7 nitrogen and oxygen atoms in total. The van der Waals surface area contributed by atoms with Crippen LogP contribution in [0.1, 0.15) is 41.6 Å². The Labute approximate surface area is 225 Å². The zero-order chi connectivity index (χ0) is 25.9. The van der Waals surface area contributed by atoms with Gasteiger partial charge in [-0.2, -0.15) is 0 Å². The minimum absolute atomic E-state index is 0.267. The van der Waals surface area contributed by atoms with E-state index in [9.17, 15) is 4.79 Å². The largest absolute Gasteiger partial charge is 0.492 e.